The monoisotopic (exact) mass is 211 g/mol. The van der Waals surface area contributed by atoms with E-state index in [4.69, 9.17) is 0 Å². The van der Waals surface area contributed by atoms with Crippen LogP contribution in [-0.2, 0) is 5.92 Å². The van der Waals surface area contributed by atoms with Gasteiger partial charge >= 0.3 is 0 Å². The lowest BCUT2D eigenvalue weighted by atomic mass is 10.1. The van der Waals surface area contributed by atoms with Crippen molar-refractivity contribution in [1.29, 1.82) is 0 Å². The molecule has 0 aliphatic heterocycles. The summed E-state index contributed by atoms with van der Waals surface area (Å²) in [5, 5.41) is 0. The van der Waals surface area contributed by atoms with Gasteiger partial charge in [-0.25, -0.2) is 13.2 Å². The summed E-state index contributed by atoms with van der Waals surface area (Å²) in [6.07, 6.45) is 0. The summed E-state index contributed by atoms with van der Waals surface area (Å²) in [5.74, 6) is -8.86. The molecule has 0 atom stereocenters. The van der Waals surface area contributed by atoms with Crippen LogP contribution in [0.25, 0.3) is 0 Å². The third kappa shape index (κ3) is 1.70. The molecular formula is C8H6F5N. The molecule has 0 bridgehead atoms. The zero-order valence-electron chi connectivity index (χ0n) is 6.83. The maximum Gasteiger partial charge on any atom is 0.290 e. The standard InChI is InChI=1S/C8H6F5N/c9-4-1-2-5(10)7(11)6(4)8(12,13)3-14/h1-2H,3,14H2. The van der Waals surface area contributed by atoms with Crippen molar-refractivity contribution in [2.75, 3.05) is 6.54 Å². The first kappa shape index (κ1) is 10.9. The van der Waals surface area contributed by atoms with Crippen molar-refractivity contribution in [2.45, 2.75) is 5.92 Å². The molecule has 0 aliphatic carbocycles. The molecule has 0 saturated carbocycles. The predicted octanol–water partition coefficient (Wildman–Crippen LogP) is 2.15. The van der Waals surface area contributed by atoms with Crippen LogP contribution in [0.5, 0.6) is 0 Å². The molecule has 0 aromatic heterocycles. The first-order chi connectivity index (χ1) is 6.40. The second-order valence-corrected chi connectivity index (χ2v) is 2.63. The fourth-order valence-electron chi connectivity index (χ4n) is 0.964. The number of rotatable bonds is 2. The Kier molecular flexibility index (Phi) is 2.75. The Morgan fingerprint density at radius 1 is 1.07 bits per heavy atom. The molecule has 78 valence electrons. The average molecular weight is 211 g/mol. The van der Waals surface area contributed by atoms with Crippen LogP contribution in [0.4, 0.5) is 22.0 Å². The summed E-state index contributed by atoms with van der Waals surface area (Å²) in [5.41, 5.74) is 3.00. The molecule has 0 aliphatic rings. The van der Waals surface area contributed by atoms with E-state index in [0.717, 1.165) is 0 Å². The van der Waals surface area contributed by atoms with Gasteiger partial charge in [0.05, 0.1) is 12.1 Å². The van der Waals surface area contributed by atoms with Crippen LogP contribution in [0.1, 0.15) is 5.56 Å². The van der Waals surface area contributed by atoms with Gasteiger partial charge in [0.25, 0.3) is 5.92 Å². The molecular weight excluding hydrogens is 205 g/mol. The number of nitrogens with two attached hydrogens (primary N) is 1. The van der Waals surface area contributed by atoms with Gasteiger partial charge in [-0.15, -0.1) is 0 Å². The number of hydrogen-bond donors (Lipinski definition) is 1. The number of benzene rings is 1. The van der Waals surface area contributed by atoms with Gasteiger partial charge in [0.1, 0.15) is 5.82 Å². The van der Waals surface area contributed by atoms with Crippen molar-refractivity contribution >= 4 is 0 Å². The summed E-state index contributed by atoms with van der Waals surface area (Å²) in [6.45, 7) is -1.29. The van der Waals surface area contributed by atoms with Crippen molar-refractivity contribution in [3.05, 3.63) is 35.1 Å². The fourth-order valence-corrected chi connectivity index (χ4v) is 0.964. The molecule has 0 amide bonds. The average Bonchev–Trinajstić information content (AvgIpc) is 2.12. The van der Waals surface area contributed by atoms with Crippen molar-refractivity contribution in [1.82, 2.24) is 0 Å². The maximum absolute atomic E-state index is 12.8. The molecule has 0 fully saturated rings. The van der Waals surface area contributed by atoms with E-state index in [1.165, 1.54) is 0 Å². The molecule has 1 aromatic carbocycles. The first-order valence-electron chi connectivity index (χ1n) is 3.62. The molecule has 0 unspecified atom stereocenters. The van der Waals surface area contributed by atoms with Crippen molar-refractivity contribution in [3.8, 4) is 0 Å². The molecule has 2 N–H and O–H groups in total. The molecule has 14 heavy (non-hydrogen) atoms. The Morgan fingerprint density at radius 3 is 2.07 bits per heavy atom. The zero-order chi connectivity index (χ0) is 10.9. The lowest BCUT2D eigenvalue weighted by Crippen LogP contribution is -2.28. The highest BCUT2D eigenvalue weighted by Gasteiger charge is 2.37. The lowest BCUT2D eigenvalue weighted by molar-refractivity contribution is -0.00206. The van der Waals surface area contributed by atoms with E-state index in [9.17, 15) is 22.0 Å². The van der Waals surface area contributed by atoms with Crippen LogP contribution in [0.15, 0.2) is 12.1 Å². The summed E-state index contributed by atoms with van der Waals surface area (Å²) >= 11 is 0. The van der Waals surface area contributed by atoms with E-state index in [1.54, 1.807) is 0 Å². The van der Waals surface area contributed by atoms with Crippen molar-refractivity contribution in [2.24, 2.45) is 5.73 Å². The lowest BCUT2D eigenvalue weighted by Gasteiger charge is -2.15. The van der Waals surface area contributed by atoms with Gasteiger partial charge in [0, 0.05) is 0 Å². The predicted molar refractivity (Wildman–Crippen MR) is 39.3 cm³/mol. The van der Waals surface area contributed by atoms with Crippen molar-refractivity contribution in [3.63, 3.8) is 0 Å². The Hall–Kier alpha value is -1.17. The SMILES string of the molecule is NCC(F)(F)c1c(F)ccc(F)c1F. The van der Waals surface area contributed by atoms with Crippen LogP contribution >= 0.6 is 0 Å². The highest BCUT2D eigenvalue weighted by Crippen LogP contribution is 2.31. The Balaban J connectivity index is 3.40. The Morgan fingerprint density at radius 2 is 1.57 bits per heavy atom. The van der Waals surface area contributed by atoms with E-state index >= 15 is 0 Å². The Labute approximate surface area is 76.3 Å². The first-order valence-corrected chi connectivity index (χ1v) is 3.62. The minimum absolute atomic E-state index is 0.428. The third-order valence-electron chi connectivity index (χ3n) is 1.67. The normalized spacial score (nSPS) is 11.9. The largest absolute Gasteiger partial charge is 0.325 e. The highest BCUT2D eigenvalue weighted by molar-refractivity contribution is 5.25. The molecule has 6 heteroatoms. The van der Waals surface area contributed by atoms with Crippen LogP contribution < -0.4 is 5.73 Å². The van der Waals surface area contributed by atoms with Gasteiger partial charge in [-0.05, 0) is 12.1 Å². The minimum Gasteiger partial charge on any atom is -0.325 e. The van der Waals surface area contributed by atoms with Gasteiger partial charge in [0.2, 0.25) is 0 Å². The Bertz CT molecular complexity index is 350. The summed E-state index contributed by atoms with van der Waals surface area (Å²) < 4.78 is 63.7. The van der Waals surface area contributed by atoms with Crippen LogP contribution in [0.3, 0.4) is 0 Å². The second-order valence-electron chi connectivity index (χ2n) is 2.63. The minimum atomic E-state index is -3.91. The number of alkyl halides is 2. The molecule has 1 aromatic rings. The quantitative estimate of drug-likeness (QED) is 0.588. The van der Waals surface area contributed by atoms with E-state index in [0.29, 0.717) is 12.1 Å². The van der Waals surface area contributed by atoms with Gasteiger partial charge in [-0.1, -0.05) is 0 Å². The van der Waals surface area contributed by atoms with Gasteiger partial charge < -0.3 is 5.73 Å². The zero-order valence-corrected chi connectivity index (χ0v) is 6.83. The third-order valence-corrected chi connectivity index (χ3v) is 1.67. The molecule has 0 spiro atoms. The van der Waals surface area contributed by atoms with E-state index < -0.39 is 35.5 Å². The van der Waals surface area contributed by atoms with Crippen molar-refractivity contribution < 1.29 is 22.0 Å². The summed E-state index contributed by atoms with van der Waals surface area (Å²) in [7, 11) is 0. The fraction of sp³-hybridized carbons (Fsp3) is 0.250. The molecule has 0 radical (unpaired) electrons. The molecule has 1 nitrogen and oxygen atoms in total. The van der Waals surface area contributed by atoms with Gasteiger partial charge in [-0.3, -0.25) is 0 Å². The smallest absolute Gasteiger partial charge is 0.290 e. The van der Waals surface area contributed by atoms with Gasteiger partial charge in [0.15, 0.2) is 11.6 Å². The van der Waals surface area contributed by atoms with Crippen LogP contribution in [-0.4, -0.2) is 6.54 Å². The molecule has 0 saturated heterocycles. The summed E-state index contributed by atoms with van der Waals surface area (Å²) in [4.78, 5) is 0. The van der Waals surface area contributed by atoms with E-state index in [1.807, 2.05) is 0 Å². The maximum atomic E-state index is 12.8. The highest BCUT2D eigenvalue weighted by atomic mass is 19.3. The van der Waals surface area contributed by atoms with Crippen LogP contribution in [0.2, 0.25) is 0 Å². The van der Waals surface area contributed by atoms with E-state index in [-0.39, 0.29) is 0 Å². The molecule has 0 heterocycles. The number of halogens is 5. The topological polar surface area (TPSA) is 26.0 Å². The van der Waals surface area contributed by atoms with Crippen LogP contribution in [0, 0.1) is 17.5 Å². The second kappa shape index (κ2) is 3.53. The van der Waals surface area contributed by atoms with Gasteiger partial charge in [-0.2, -0.15) is 8.78 Å². The summed E-state index contributed by atoms with van der Waals surface area (Å²) in [6, 6.07) is 0.859. The van der Waals surface area contributed by atoms with E-state index in [2.05, 4.69) is 5.73 Å². The number of hydrogen-bond acceptors (Lipinski definition) is 1. The molecule has 1 rings (SSSR count).